The van der Waals surface area contributed by atoms with Gasteiger partial charge in [0.1, 0.15) is 25.9 Å². The number of aromatic nitrogens is 2. The Hall–Kier alpha value is -3.89. The van der Waals surface area contributed by atoms with Gasteiger partial charge < -0.3 is 28.9 Å². The standard InChI is InChI=1S/C35H43F2N7O3/c1-41-16-7-10-28(41)23-47-35-39-31-21-42(32-12-6-5-11-30(32)33(36)37)17-14-29(31)34(40-35)43-18-19-44(27(20-43)13-15-38)24-46-25-45-22-26-8-3-2-4-9-26/h2-6,8-9,11-12,27-28,33H,7,10,13-14,16-25H2,1H3/t27?,28-/m0/s1. The Morgan fingerprint density at radius 3 is 2.57 bits per heavy atom. The number of anilines is 2. The molecule has 0 amide bonds. The molecule has 0 aliphatic carbocycles. The largest absolute Gasteiger partial charge is 0.462 e. The molecule has 2 atom stereocenters. The number of alkyl halides is 2. The second-order valence-corrected chi connectivity index (χ2v) is 12.4. The molecule has 10 nitrogen and oxygen atoms in total. The van der Waals surface area contributed by atoms with Gasteiger partial charge in [0.05, 0.1) is 31.3 Å². The van der Waals surface area contributed by atoms with E-state index >= 15 is 0 Å². The van der Waals surface area contributed by atoms with Crippen LogP contribution in [0.15, 0.2) is 54.6 Å². The summed E-state index contributed by atoms with van der Waals surface area (Å²) in [5, 5.41) is 9.69. The summed E-state index contributed by atoms with van der Waals surface area (Å²) < 4.78 is 45.6. The van der Waals surface area contributed by atoms with Crippen molar-refractivity contribution in [1.29, 1.82) is 5.26 Å². The number of likely N-dealkylation sites (tertiary alicyclic amines) is 1. The second-order valence-electron chi connectivity index (χ2n) is 12.4. The molecule has 0 radical (unpaired) electrons. The Morgan fingerprint density at radius 2 is 1.79 bits per heavy atom. The zero-order valence-electron chi connectivity index (χ0n) is 26.9. The number of hydrogen-bond donors (Lipinski definition) is 0. The Kier molecular flexibility index (Phi) is 11.1. The molecule has 0 saturated carbocycles. The molecule has 3 aliphatic heterocycles. The van der Waals surface area contributed by atoms with E-state index in [2.05, 4.69) is 27.8 Å². The van der Waals surface area contributed by atoms with Crippen molar-refractivity contribution in [2.24, 2.45) is 0 Å². The van der Waals surface area contributed by atoms with Crippen molar-refractivity contribution in [3.05, 3.63) is 77.0 Å². The minimum absolute atomic E-state index is 0.0223. The Bertz CT molecular complexity index is 1510. The van der Waals surface area contributed by atoms with Crippen molar-refractivity contribution in [1.82, 2.24) is 19.8 Å². The van der Waals surface area contributed by atoms with Crippen LogP contribution in [-0.2, 0) is 29.0 Å². The molecule has 47 heavy (non-hydrogen) atoms. The maximum Gasteiger partial charge on any atom is 0.318 e. The average molecular weight is 648 g/mol. The summed E-state index contributed by atoms with van der Waals surface area (Å²) in [7, 11) is 2.10. The molecule has 3 aliphatic rings. The lowest BCUT2D eigenvalue weighted by Gasteiger charge is -2.42. The molecular formula is C35H43F2N7O3. The van der Waals surface area contributed by atoms with E-state index in [0.717, 1.165) is 42.0 Å². The molecule has 0 spiro atoms. The van der Waals surface area contributed by atoms with Crippen molar-refractivity contribution in [3.8, 4) is 12.1 Å². The average Bonchev–Trinajstić information content (AvgIpc) is 3.51. The third-order valence-corrected chi connectivity index (χ3v) is 9.38. The van der Waals surface area contributed by atoms with Crippen LogP contribution in [0.4, 0.5) is 20.3 Å². The number of halogens is 2. The first-order valence-electron chi connectivity index (χ1n) is 16.4. The molecule has 0 bridgehead atoms. The highest BCUT2D eigenvalue weighted by Gasteiger charge is 2.33. The Labute approximate surface area is 275 Å². The molecule has 6 rings (SSSR count). The zero-order chi connectivity index (χ0) is 32.6. The van der Waals surface area contributed by atoms with E-state index in [1.54, 1.807) is 18.2 Å². The van der Waals surface area contributed by atoms with Gasteiger partial charge in [0.25, 0.3) is 6.43 Å². The van der Waals surface area contributed by atoms with Crippen LogP contribution >= 0.6 is 0 Å². The first-order valence-corrected chi connectivity index (χ1v) is 16.4. The van der Waals surface area contributed by atoms with Crippen molar-refractivity contribution >= 4 is 11.5 Å². The maximum atomic E-state index is 13.9. The lowest BCUT2D eigenvalue weighted by Crippen LogP contribution is -2.54. The van der Waals surface area contributed by atoms with Gasteiger partial charge in [0.2, 0.25) is 0 Å². The van der Waals surface area contributed by atoms with E-state index < -0.39 is 6.43 Å². The number of rotatable bonds is 13. The number of nitriles is 1. The fourth-order valence-electron chi connectivity index (χ4n) is 6.74. The molecule has 4 heterocycles. The second kappa shape index (κ2) is 15.8. The number of benzene rings is 2. The maximum absolute atomic E-state index is 13.9. The highest BCUT2D eigenvalue weighted by Crippen LogP contribution is 2.36. The van der Waals surface area contributed by atoms with Crippen LogP contribution in [0.2, 0.25) is 0 Å². The molecule has 2 fully saturated rings. The monoisotopic (exact) mass is 647 g/mol. The first-order chi connectivity index (χ1) is 23.0. The van der Waals surface area contributed by atoms with E-state index in [9.17, 15) is 14.0 Å². The number of piperazine rings is 1. The predicted molar refractivity (Wildman–Crippen MR) is 174 cm³/mol. The number of nitrogens with zero attached hydrogens (tertiary/aromatic N) is 7. The van der Waals surface area contributed by atoms with Gasteiger partial charge in [-0.1, -0.05) is 48.5 Å². The third kappa shape index (κ3) is 8.16. The molecule has 2 aromatic carbocycles. The smallest absolute Gasteiger partial charge is 0.318 e. The van der Waals surface area contributed by atoms with Crippen molar-refractivity contribution in [2.75, 3.05) is 69.7 Å². The lowest BCUT2D eigenvalue weighted by atomic mass is 10.0. The minimum atomic E-state index is -2.57. The summed E-state index contributed by atoms with van der Waals surface area (Å²) in [5.41, 5.74) is 3.43. The highest BCUT2D eigenvalue weighted by molar-refractivity contribution is 5.59. The summed E-state index contributed by atoms with van der Waals surface area (Å²) in [6.07, 6.45) is 0.576. The van der Waals surface area contributed by atoms with Crippen LogP contribution in [0.3, 0.4) is 0 Å². The fourth-order valence-corrected chi connectivity index (χ4v) is 6.74. The third-order valence-electron chi connectivity index (χ3n) is 9.38. The number of ether oxygens (including phenoxy) is 3. The SMILES string of the molecule is CN1CCC[C@H]1COc1nc2c(c(N3CCN(COCOCc4ccccc4)C(CC#N)C3)n1)CCN(c1ccccc1C(F)F)C2. The van der Waals surface area contributed by atoms with Gasteiger partial charge in [-0.15, -0.1) is 0 Å². The number of fused-ring (bicyclic) bond motifs is 1. The van der Waals surface area contributed by atoms with E-state index in [1.807, 2.05) is 35.2 Å². The summed E-state index contributed by atoms with van der Waals surface area (Å²) in [6, 6.07) is 19.5. The van der Waals surface area contributed by atoms with Crippen LogP contribution in [0, 0.1) is 11.3 Å². The minimum Gasteiger partial charge on any atom is -0.462 e. The summed E-state index contributed by atoms with van der Waals surface area (Å²) in [5.74, 6) is 0.807. The predicted octanol–water partition coefficient (Wildman–Crippen LogP) is 5.00. The molecular weight excluding hydrogens is 604 g/mol. The summed E-state index contributed by atoms with van der Waals surface area (Å²) >= 11 is 0. The highest BCUT2D eigenvalue weighted by atomic mass is 19.3. The van der Waals surface area contributed by atoms with Gasteiger partial charge in [0.15, 0.2) is 0 Å². The van der Waals surface area contributed by atoms with Gasteiger partial charge >= 0.3 is 6.01 Å². The van der Waals surface area contributed by atoms with Crippen molar-refractivity contribution in [2.45, 2.75) is 57.3 Å². The molecule has 1 aromatic heterocycles. The van der Waals surface area contributed by atoms with Crippen molar-refractivity contribution < 1.29 is 23.0 Å². The van der Waals surface area contributed by atoms with Gasteiger partial charge in [-0.3, -0.25) is 4.90 Å². The summed E-state index contributed by atoms with van der Waals surface area (Å²) in [6.45, 7) is 5.43. The van der Waals surface area contributed by atoms with Crippen LogP contribution < -0.4 is 14.5 Å². The Morgan fingerprint density at radius 1 is 0.957 bits per heavy atom. The first kappa shape index (κ1) is 33.0. The molecule has 1 unspecified atom stereocenters. The van der Waals surface area contributed by atoms with Crippen molar-refractivity contribution in [3.63, 3.8) is 0 Å². The molecule has 0 N–H and O–H groups in total. The summed E-state index contributed by atoms with van der Waals surface area (Å²) in [4.78, 5) is 18.5. The van der Waals surface area contributed by atoms with E-state index in [4.69, 9.17) is 24.2 Å². The number of likely N-dealkylation sites (N-methyl/N-ethyl adjacent to an activating group) is 1. The zero-order valence-corrected chi connectivity index (χ0v) is 26.9. The van der Waals surface area contributed by atoms with Gasteiger partial charge in [-0.25, -0.2) is 8.78 Å². The van der Waals surface area contributed by atoms with Gasteiger partial charge in [-0.05, 0) is 44.5 Å². The van der Waals surface area contributed by atoms with Crippen LogP contribution in [0.25, 0.3) is 0 Å². The van der Waals surface area contributed by atoms with Crippen LogP contribution in [-0.4, -0.2) is 91.8 Å². The number of hydrogen-bond acceptors (Lipinski definition) is 10. The van der Waals surface area contributed by atoms with Crippen LogP contribution in [0.1, 0.15) is 48.1 Å². The quantitative estimate of drug-likeness (QED) is 0.187. The van der Waals surface area contributed by atoms with Gasteiger partial charge in [-0.2, -0.15) is 15.2 Å². The van der Waals surface area contributed by atoms with E-state index in [0.29, 0.717) is 83.2 Å². The molecule has 3 aromatic rings. The topological polar surface area (TPSA) is 90.2 Å². The molecule has 250 valence electrons. The lowest BCUT2D eigenvalue weighted by molar-refractivity contribution is -0.104. The fraction of sp³-hybridized carbons (Fsp3) is 0.514. The van der Waals surface area contributed by atoms with Crippen LogP contribution in [0.5, 0.6) is 6.01 Å². The van der Waals surface area contributed by atoms with E-state index in [-0.39, 0.29) is 18.4 Å². The normalized spacial score (nSPS) is 20.4. The Balaban J connectivity index is 1.17. The molecule has 2 saturated heterocycles. The molecule has 12 heteroatoms. The van der Waals surface area contributed by atoms with Gasteiger partial charge in [0, 0.05) is 55.1 Å². The number of para-hydroxylation sites is 1. The van der Waals surface area contributed by atoms with E-state index in [1.165, 1.54) is 6.07 Å².